The molecule has 1 N–H and O–H groups in total. The Labute approximate surface area is 113 Å². The highest BCUT2D eigenvalue weighted by molar-refractivity contribution is 5.78. The standard InChI is InChI=1S/C9H18O.C6H14O2/c1-7(2)5-9(10)6-8(3)4;1-3-5-8-6(7)4-2/h7-8H,5-6H2,1-4H3;6-7H,3-5H2,1-2H3. The van der Waals surface area contributed by atoms with Gasteiger partial charge in [-0.2, -0.15) is 0 Å². The molecule has 110 valence electrons. The van der Waals surface area contributed by atoms with Crippen molar-refractivity contribution in [2.45, 2.75) is 73.5 Å². The molecule has 0 aliphatic heterocycles. The van der Waals surface area contributed by atoms with Crippen molar-refractivity contribution in [1.82, 2.24) is 0 Å². The van der Waals surface area contributed by atoms with Crippen LogP contribution in [0.3, 0.4) is 0 Å². The molecule has 0 fully saturated rings. The minimum atomic E-state index is -0.546. The van der Waals surface area contributed by atoms with Crippen LogP contribution in [0.5, 0.6) is 0 Å². The summed E-state index contributed by atoms with van der Waals surface area (Å²) in [4.78, 5) is 11.1. The van der Waals surface area contributed by atoms with Gasteiger partial charge in [0.25, 0.3) is 0 Å². The normalized spacial score (nSPS) is 12.3. The van der Waals surface area contributed by atoms with Crippen molar-refractivity contribution in [1.29, 1.82) is 0 Å². The third-order valence-corrected chi connectivity index (χ3v) is 2.14. The number of aliphatic hydroxyl groups excluding tert-OH is 1. The number of hydrogen-bond donors (Lipinski definition) is 1. The second-order valence-electron chi connectivity index (χ2n) is 5.47. The Balaban J connectivity index is 0. The number of carbonyl (C=O) groups excluding carboxylic acids is 1. The molecule has 0 heterocycles. The third-order valence-electron chi connectivity index (χ3n) is 2.14. The fourth-order valence-electron chi connectivity index (χ4n) is 1.37. The first kappa shape index (κ1) is 19.9. The smallest absolute Gasteiger partial charge is 0.154 e. The zero-order chi connectivity index (χ0) is 14.6. The lowest BCUT2D eigenvalue weighted by Gasteiger charge is -2.06. The van der Waals surface area contributed by atoms with Gasteiger partial charge in [0, 0.05) is 19.4 Å². The van der Waals surface area contributed by atoms with Gasteiger partial charge in [-0.3, -0.25) is 4.79 Å². The SMILES string of the molecule is CC(C)CC(=O)CC(C)C.CCCOC(O)CC. The quantitative estimate of drug-likeness (QED) is 0.675. The van der Waals surface area contributed by atoms with E-state index in [2.05, 4.69) is 27.7 Å². The fourth-order valence-corrected chi connectivity index (χ4v) is 1.37. The molecule has 0 aromatic carbocycles. The van der Waals surface area contributed by atoms with Gasteiger partial charge in [-0.05, 0) is 24.7 Å². The third kappa shape index (κ3) is 18.0. The number of ether oxygens (including phenoxy) is 1. The van der Waals surface area contributed by atoms with Crippen molar-refractivity contribution in [3.05, 3.63) is 0 Å². The van der Waals surface area contributed by atoms with Crippen LogP contribution in [0.1, 0.15) is 67.2 Å². The average molecular weight is 260 g/mol. The molecule has 0 radical (unpaired) electrons. The number of aliphatic hydroxyl groups is 1. The largest absolute Gasteiger partial charge is 0.368 e. The van der Waals surface area contributed by atoms with E-state index in [4.69, 9.17) is 9.84 Å². The molecule has 0 rings (SSSR count). The summed E-state index contributed by atoms with van der Waals surface area (Å²) in [5.74, 6) is 1.45. The first-order valence-electron chi connectivity index (χ1n) is 7.14. The van der Waals surface area contributed by atoms with Crippen molar-refractivity contribution in [2.24, 2.45) is 11.8 Å². The van der Waals surface area contributed by atoms with Crippen LogP contribution in [0, 0.1) is 11.8 Å². The van der Waals surface area contributed by atoms with Gasteiger partial charge in [0.1, 0.15) is 5.78 Å². The Bertz CT molecular complexity index is 176. The van der Waals surface area contributed by atoms with Crippen molar-refractivity contribution in [3.8, 4) is 0 Å². The molecule has 1 atom stereocenters. The fraction of sp³-hybridized carbons (Fsp3) is 0.933. The van der Waals surface area contributed by atoms with Gasteiger partial charge in [0.15, 0.2) is 6.29 Å². The Hall–Kier alpha value is -0.410. The van der Waals surface area contributed by atoms with Crippen LogP contribution in [0.25, 0.3) is 0 Å². The van der Waals surface area contributed by atoms with Gasteiger partial charge in [-0.25, -0.2) is 0 Å². The maximum atomic E-state index is 11.1. The molecular weight excluding hydrogens is 228 g/mol. The molecule has 0 aromatic rings. The van der Waals surface area contributed by atoms with Crippen LogP contribution in [0.15, 0.2) is 0 Å². The van der Waals surface area contributed by atoms with Crippen LogP contribution in [0.2, 0.25) is 0 Å². The van der Waals surface area contributed by atoms with E-state index in [0.29, 0.717) is 30.6 Å². The lowest BCUT2D eigenvalue weighted by molar-refractivity contribution is -0.120. The van der Waals surface area contributed by atoms with E-state index in [1.807, 2.05) is 13.8 Å². The summed E-state index contributed by atoms with van der Waals surface area (Å²) in [6, 6.07) is 0. The van der Waals surface area contributed by atoms with Crippen LogP contribution in [-0.4, -0.2) is 23.8 Å². The maximum absolute atomic E-state index is 11.1. The monoisotopic (exact) mass is 260 g/mol. The Morgan fingerprint density at radius 1 is 1.06 bits per heavy atom. The summed E-state index contributed by atoms with van der Waals surface area (Å²) < 4.78 is 4.90. The van der Waals surface area contributed by atoms with Gasteiger partial charge in [0.2, 0.25) is 0 Å². The number of carbonyl (C=O) groups is 1. The van der Waals surface area contributed by atoms with Gasteiger partial charge in [0.05, 0.1) is 0 Å². The summed E-state index contributed by atoms with van der Waals surface area (Å²) in [5.41, 5.74) is 0. The highest BCUT2D eigenvalue weighted by atomic mass is 16.6. The molecule has 0 bridgehead atoms. The van der Waals surface area contributed by atoms with Gasteiger partial charge in [-0.15, -0.1) is 0 Å². The molecule has 0 spiro atoms. The van der Waals surface area contributed by atoms with E-state index < -0.39 is 6.29 Å². The minimum absolute atomic E-state index is 0.407. The van der Waals surface area contributed by atoms with Crippen molar-refractivity contribution in [3.63, 3.8) is 0 Å². The van der Waals surface area contributed by atoms with E-state index in [-0.39, 0.29) is 0 Å². The predicted octanol–water partition coefficient (Wildman–Crippen LogP) is 3.79. The lowest BCUT2D eigenvalue weighted by Crippen LogP contribution is -2.10. The molecule has 0 aliphatic carbocycles. The lowest BCUT2D eigenvalue weighted by atomic mass is 10.00. The summed E-state index contributed by atoms with van der Waals surface area (Å²) in [7, 11) is 0. The topological polar surface area (TPSA) is 46.5 Å². The van der Waals surface area contributed by atoms with Crippen LogP contribution in [0.4, 0.5) is 0 Å². The second-order valence-corrected chi connectivity index (χ2v) is 5.47. The van der Waals surface area contributed by atoms with E-state index in [1.165, 1.54) is 0 Å². The molecule has 0 aromatic heterocycles. The maximum Gasteiger partial charge on any atom is 0.154 e. The van der Waals surface area contributed by atoms with E-state index in [1.54, 1.807) is 0 Å². The summed E-state index contributed by atoms with van der Waals surface area (Å²) in [6.45, 7) is 12.9. The summed E-state index contributed by atoms with van der Waals surface area (Å²) in [6.07, 6.45) is 2.60. The number of Topliss-reactive ketones (excluding diaryl/α,β-unsaturated/α-hetero) is 1. The van der Waals surface area contributed by atoms with E-state index >= 15 is 0 Å². The number of hydrogen-bond acceptors (Lipinski definition) is 3. The van der Waals surface area contributed by atoms with Crippen molar-refractivity contribution in [2.75, 3.05) is 6.61 Å². The van der Waals surface area contributed by atoms with Crippen LogP contribution in [-0.2, 0) is 9.53 Å². The van der Waals surface area contributed by atoms with Gasteiger partial charge < -0.3 is 9.84 Å². The number of ketones is 1. The molecule has 0 amide bonds. The molecule has 3 nitrogen and oxygen atoms in total. The zero-order valence-electron chi connectivity index (χ0n) is 13.0. The molecular formula is C15H32O3. The first-order valence-corrected chi connectivity index (χ1v) is 7.14. The first-order chi connectivity index (χ1) is 8.33. The summed E-state index contributed by atoms with van der Waals surface area (Å²) in [5, 5.41) is 8.77. The van der Waals surface area contributed by atoms with Crippen molar-refractivity contribution >= 4 is 5.78 Å². The van der Waals surface area contributed by atoms with Gasteiger partial charge >= 0.3 is 0 Å². The molecule has 3 heteroatoms. The Morgan fingerprint density at radius 3 is 1.78 bits per heavy atom. The molecule has 18 heavy (non-hydrogen) atoms. The minimum Gasteiger partial charge on any atom is -0.368 e. The zero-order valence-corrected chi connectivity index (χ0v) is 13.0. The Kier molecular flexibility index (Phi) is 14.4. The molecule has 1 unspecified atom stereocenters. The highest BCUT2D eigenvalue weighted by Gasteiger charge is 2.06. The molecule has 0 saturated carbocycles. The van der Waals surface area contributed by atoms with Gasteiger partial charge in [-0.1, -0.05) is 41.5 Å². The van der Waals surface area contributed by atoms with Crippen LogP contribution >= 0.6 is 0 Å². The highest BCUT2D eigenvalue weighted by Crippen LogP contribution is 2.07. The van der Waals surface area contributed by atoms with E-state index in [9.17, 15) is 4.79 Å². The van der Waals surface area contributed by atoms with Crippen molar-refractivity contribution < 1.29 is 14.6 Å². The second kappa shape index (κ2) is 13.0. The Morgan fingerprint density at radius 2 is 1.50 bits per heavy atom. The number of rotatable bonds is 8. The van der Waals surface area contributed by atoms with E-state index in [0.717, 1.165) is 19.3 Å². The summed E-state index contributed by atoms with van der Waals surface area (Å²) >= 11 is 0. The predicted molar refractivity (Wildman–Crippen MR) is 76.5 cm³/mol. The average Bonchev–Trinajstić information content (AvgIpc) is 2.24. The molecule has 0 saturated heterocycles. The van der Waals surface area contributed by atoms with Crippen LogP contribution < -0.4 is 0 Å². The molecule has 0 aliphatic rings.